The highest BCUT2D eigenvalue weighted by molar-refractivity contribution is 5.71. The summed E-state index contributed by atoms with van der Waals surface area (Å²) in [6, 6.07) is 0. The van der Waals surface area contributed by atoms with Gasteiger partial charge in [0.05, 0.1) is 12.7 Å². The van der Waals surface area contributed by atoms with Crippen molar-refractivity contribution >= 4 is 5.97 Å². The highest BCUT2D eigenvalue weighted by atomic mass is 16.5. The molecule has 1 fully saturated rings. The SMILES string of the molecule is CC(O)C(=O)O.CCCC1CNCCO1.CCCCCN. The maximum Gasteiger partial charge on any atom is 0.332 e. The quantitative estimate of drug-likeness (QED) is 0.552. The molecule has 5 N–H and O–H groups in total. The summed E-state index contributed by atoms with van der Waals surface area (Å²) in [5.41, 5.74) is 5.21. The van der Waals surface area contributed by atoms with E-state index in [2.05, 4.69) is 19.2 Å². The van der Waals surface area contributed by atoms with Crippen LogP contribution in [0.1, 0.15) is 52.9 Å². The van der Waals surface area contributed by atoms with Gasteiger partial charge in [-0.15, -0.1) is 0 Å². The van der Waals surface area contributed by atoms with Crippen LogP contribution in [0.2, 0.25) is 0 Å². The summed E-state index contributed by atoms with van der Waals surface area (Å²) in [6.45, 7) is 9.39. The van der Waals surface area contributed by atoms with Gasteiger partial charge in [0.15, 0.2) is 0 Å². The number of carboxylic acid groups (broad SMARTS) is 1. The van der Waals surface area contributed by atoms with Gasteiger partial charge in [0.25, 0.3) is 0 Å². The van der Waals surface area contributed by atoms with E-state index in [4.69, 9.17) is 20.7 Å². The molecule has 0 spiro atoms. The van der Waals surface area contributed by atoms with Crippen molar-refractivity contribution in [3.05, 3.63) is 0 Å². The molecule has 1 aliphatic rings. The Bertz CT molecular complexity index is 213. The fraction of sp³-hybridized carbons (Fsp3) is 0.933. The Hall–Kier alpha value is -0.690. The molecule has 1 heterocycles. The second-order valence-electron chi connectivity index (χ2n) is 5.00. The van der Waals surface area contributed by atoms with E-state index in [0.717, 1.165) is 26.2 Å². The standard InChI is InChI=1S/C7H15NO.C5H13N.C3H6O3/c1-2-3-7-6-8-4-5-9-7;1-2-3-4-5-6;1-2(4)3(5)6/h7-8H,2-6H2,1H3;2-6H2,1H3;2,4H,1H3,(H,5,6). The smallest absolute Gasteiger partial charge is 0.332 e. The number of aliphatic hydroxyl groups is 1. The lowest BCUT2D eigenvalue weighted by atomic mass is 10.2. The van der Waals surface area contributed by atoms with Gasteiger partial charge in [-0.05, 0) is 26.3 Å². The van der Waals surface area contributed by atoms with Gasteiger partial charge in [0.1, 0.15) is 6.10 Å². The van der Waals surface area contributed by atoms with Crippen molar-refractivity contribution in [3.63, 3.8) is 0 Å². The zero-order valence-electron chi connectivity index (χ0n) is 13.8. The van der Waals surface area contributed by atoms with Gasteiger partial charge in [0, 0.05) is 13.1 Å². The van der Waals surface area contributed by atoms with Gasteiger partial charge in [0.2, 0.25) is 0 Å². The Labute approximate surface area is 129 Å². The first-order valence-electron chi connectivity index (χ1n) is 7.92. The van der Waals surface area contributed by atoms with Crippen LogP contribution in [0.5, 0.6) is 0 Å². The molecule has 1 rings (SSSR count). The molecule has 6 heteroatoms. The van der Waals surface area contributed by atoms with Crippen LogP contribution in [-0.2, 0) is 9.53 Å². The van der Waals surface area contributed by atoms with Crippen LogP contribution in [0.25, 0.3) is 0 Å². The summed E-state index contributed by atoms with van der Waals surface area (Å²) in [4.78, 5) is 9.45. The fourth-order valence-electron chi connectivity index (χ4n) is 1.52. The first-order valence-corrected chi connectivity index (χ1v) is 7.92. The van der Waals surface area contributed by atoms with Crippen LogP contribution < -0.4 is 11.1 Å². The molecule has 6 nitrogen and oxygen atoms in total. The lowest BCUT2D eigenvalue weighted by Crippen LogP contribution is -2.38. The van der Waals surface area contributed by atoms with Crippen LogP contribution >= 0.6 is 0 Å². The summed E-state index contributed by atoms with van der Waals surface area (Å²) in [6.07, 6.45) is 5.44. The molecule has 0 aliphatic carbocycles. The fourth-order valence-corrected chi connectivity index (χ4v) is 1.52. The molecule has 128 valence electrons. The maximum absolute atomic E-state index is 9.45. The molecule has 2 unspecified atom stereocenters. The molecule has 0 aromatic rings. The number of aliphatic carboxylic acids is 1. The molecular formula is C15H34N2O4. The molecule has 0 saturated carbocycles. The number of nitrogens with one attached hydrogen (secondary N) is 1. The van der Waals surface area contributed by atoms with E-state index in [9.17, 15) is 4.79 Å². The average molecular weight is 306 g/mol. The highest BCUT2D eigenvalue weighted by Gasteiger charge is 2.10. The molecule has 21 heavy (non-hydrogen) atoms. The predicted molar refractivity (Wildman–Crippen MR) is 85.4 cm³/mol. The zero-order valence-corrected chi connectivity index (χ0v) is 13.8. The van der Waals surface area contributed by atoms with Crippen LogP contribution in [-0.4, -0.2) is 54.6 Å². The minimum absolute atomic E-state index is 0.490. The highest BCUT2D eigenvalue weighted by Crippen LogP contribution is 2.02. The van der Waals surface area contributed by atoms with Crippen LogP contribution in [0.15, 0.2) is 0 Å². The number of unbranched alkanes of at least 4 members (excludes halogenated alkanes) is 2. The Balaban J connectivity index is 0. The molecule has 1 aliphatic heterocycles. The monoisotopic (exact) mass is 306 g/mol. The minimum Gasteiger partial charge on any atom is -0.479 e. The minimum atomic E-state index is -1.23. The van der Waals surface area contributed by atoms with Crippen LogP contribution in [0, 0.1) is 0 Å². The van der Waals surface area contributed by atoms with Gasteiger partial charge < -0.3 is 26.0 Å². The van der Waals surface area contributed by atoms with Crippen molar-refractivity contribution in [2.24, 2.45) is 5.73 Å². The van der Waals surface area contributed by atoms with Crippen LogP contribution in [0.3, 0.4) is 0 Å². The van der Waals surface area contributed by atoms with E-state index < -0.39 is 12.1 Å². The summed E-state index contributed by atoms with van der Waals surface area (Å²) in [5.74, 6) is -1.19. The molecule has 2 atom stereocenters. The molecule has 0 aromatic carbocycles. The topological polar surface area (TPSA) is 105 Å². The van der Waals surface area contributed by atoms with Crippen molar-refractivity contribution in [1.29, 1.82) is 0 Å². The zero-order chi connectivity index (χ0) is 16.5. The number of hydrogen-bond donors (Lipinski definition) is 4. The number of ether oxygens (including phenoxy) is 1. The van der Waals surface area contributed by atoms with E-state index in [-0.39, 0.29) is 0 Å². The third-order valence-electron chi connectivity index (χ3n) is 2.78. The predicted octanol–water partition coefficient (Wildman–Crippen LogP) is 1.36. The molecule has 0 amide bonds. The van der Waals surface area contributed by atoms with E-state index >= 15 is 0 Å². The first kappa shape index (κ1) is 22.6. The van der Waals surface area contributed by atoms with E-state index in [1.54, 1.807) is 0 Å². The van der Waals surface area contributed by atoms with Crippen LogP contribution in [0.4, 0.5) is 0 Å². The normalized spacial score (nSPS) is 18.6. The van der Waals surface area contributed by atoms with Gasteiger partial charge >= 0.3 is 5.97 Å². The van der Waals surface area contributed by atoms with Crippen molar-refractivity contribution in [2.75, 3.05) is 26.2 Å². The first-order chi connectivity index (χ1) is 9.99. The Morgan fingerprint density at radius 3 is 2.29 bits per heavy atom. The lowest BCUT2D eigenvalue weighted by Gasteiger charge is -2.22. The van der Waals surface area contributed by atoms with Gasteiger partial charge in [-0.3, -0.25) is 0 Å². The number of carboxylic acids is 1. The lowest BCUT2D eigenvalue weighted by molar-refractivity contribution is -0.145. The van der Waals surface area contributed by atoms with Crippen molar-refractivity contribution in [2.45, 2.75) is 65.1 Å². The Morgan fingerprint density at radius 2 is 2.00 bits per heavy atom. The number of hydrogen-bond acceptors (Lipinski definition) is 5. The Morgan fingerprint density at radius 1 is 1.38 bits per heavy atom. The van der Waals surface area contributed by atoms with E-state index in [1.807, 2.05) is 0 Å². The van der Waals surface area contributed by atoms with E-state index in [0.29, 0.717) is 6.10 Å². The summed E-state index contributed by atoms with van der Waals surface area (Å²) in [7, 11) is 0. The van der Waals surface area contributed by atoms with Crippen molar-refractivity contribution < 1.29 is 19.7 Å². The third-order valence-corrected chi connectivity index (χ3v) is 2.78. The molecule has 1 saturated heterocycles. The van der Waals surface area contributed by atoms with Gasteiger partial charge in [-0.2, -0.15) is 0 Å². The van der Waals surface area contributed by atoms with Crippen molar-refractivity contribution in [1.82, 2.24) is 5.32 Å². The van der Waals surface area contributed by atoms with E-state index in [1.165, 1.54) is 39.0 Å². The largest absolute Gasteiger partial charge is 0.479 e. The molecule has 0 radical (unpaired) electrons. The second-order valence-corrected chi connectivity index (χ2v) is 5.00. The summed E-state index contributed by atoms with van der Waals surface area (Å²) >= 11 is 0. The number of carbonyl (C=O) groups is 1. The number of morpholine rings is 1. The third kappa shape index (κ3) is 19.3. The number of aliphatic hydroxyl groups excluding tert-OH is 1. The molecule has 0 aromatic heterocycles. The van der Waals surface area contributed by atoms with Crippen molar-refractivity contribution in [3.8, 4) is 0 Å². The summed E-state index contributed by atoms with van der Waals surface area (Å²) < 4.78 is 5.46. The maximum atomic E-state index is 9.45. The Kier molecular flexibility index (Phi) is 18.7. The number of rotatable bonds is 6. The number of nitrogens with two attached hydrogens (primary N) is 1. The van der Waals surface area contributed by atoms with Gasteiger partial charge in [-0.25, -0.2) is 4.79 Å². The average Bonchev–Trinajstić information content (AvgIpc) is 2.48. The second kappa shape index (κ2) is 17.4. The molecule has 0 bridgehead atoms. The molecular weight excluding hydrogens is 272 g/mol. The van der Waals surface area contributed by atoms with Gasteiger partial charge in [-0.1, -0.05) is 33.1 Å². The summed E-state index contributed by atoms with van der Waals surface area (Å²) in [5, 5.41) is 19.1.